The molecule has 2 N–H and O–H groups in total. The van der Waals surface area contributed by atoms with E-state index >= 15 is 0 Å². The van der Waals surface area contributed by atoms with E-state index in [1.165, 1.54) is 0 Å². The Labute approximate surface area is 175 Å². The number of amides is 1. The van der Waals surface area contributed by atoms with Crippen LogP contribution >= 0.6 is 24.0 Å². The number of ether oxygens (including phenoxy) is 1. The molecule has 0 spiro atoms. The summed E-state index contributed by atoms with van der Waals surface area (Å²) in [4.78, 5) is 20.4. The molecule has 152 valence electrons. The molecule has 0 aromatic heterocycles. The third kappa shape index (κ3) is 7.19. The first-order valence-corrected chi connectivity index (χ1v) is 9.47. The van der Waals surface area contributed by atoms with E-state index in [9.17, 15) is 4.79 Å². The number of hydrogen-bond donors (Lipinski definition) is 2. The minimum absolute atomic E-state index is 0. The van der Waals surface area contributed by atoms with Crippen LogP contribution in [-0.4, -0.2) is 86.7 Å². The third-order valence-electron chi connectivity index (χ3n) is 5.09. The second kappa shape index (κ2) is 11.3. The van der Waals surface area contributed by atoms with E-state index in [4.69, 9.17) is 4.74 Å². The molecule has 2 rings (SSSR count). The van der Waals surface area contributed by atoms with Crippen molar-refractivity contribution in [3.63, 3.8) is 0 Å². The van der Waals surface area contributed by atoms with Gasteiger partial charge in [-0.05, 0) is 32.6 Å². The maximum Gasteiger partial charge on any atom is 0.243 e. The first kappa shape index (κ1) is 23.4. The summed E-state index contributed by atoms with van der Waals surface area (Å²) in [6, 6.07) is 0.886. The van der Waals surface area contributed by atoms with Crippen LogP contribution in [0.4, 0.5) is 0 Å². The molecular formula is C18H36IN5O2. The lowest BCUT2D eigenvalue weighted by Gasteiger charge is -2.23. The second-order valence-electron chi connectivity index (χ2n) is 7.74. The SMILES string of the molecule is CC1CN(C(C)C)CC1NC(=NCC(=O)N(C)C)NCC1CCCO1.I. The van der Waals surface area contributed by atoms with Crippen molar-refractivity contribution in [2.45, 2.75) is 51.8 Å². The summed E-state index contributed by atoms with van der Waals surface area (Å²) < 4.78 is 5.68. The lowest BCUT2D eigenvalue weighted by atomic mass is 10.1. The quantitative estimate of drug-likeness (QED) is 0.339. The van der Waals surface area contributed by atoms with Crippen LogP contribution in [0.3, 0.4) is 0 Å². The molecule has 2 aliphatic rings. The lowest BCUT2D eigenvalue weighted by Crippen LogP contribution is -2.48. The number of rotatable bonds is 6. The molecule has 1 amide bonds. The molecule has 2 aliphatic heterocycles. The number of nitrogens with zero attached hydrogens (tertiary/aromatic N) is 3. The molecule has 2 heterocycles. The highest BCUT2D eigenvalue weighted by atomic mass is 127. The molecule has 0 radical (unpaired) electrons. The molecule has 2 fully saturated rings. The van der Waals surface area contributed by atoms with Gasteiger partial charge in [0.15, 0.2) is 5.96 Å². The van der Waals surface area contributed by atoms with Crippen molar-refractivity contribution in [2.75, 3.05) is 46.9 Å². The molecule has 8 heteroatoms. The third-order valence-corrected chi connectivity index (χ3v) is 5.09. The highest BCUT2D eigenvalue weighted by Crippen LogP contribution is 2.18. The van der Waals surface area contributed by atoms with Gasteiger partial charge in [0.2, 0.25) is 5.91 Å². The zero-order valence-electron chi connectivity index (χ0n) is 16.8. The van der Waals surface area contributed by atoms with Crippen LogP contribution in [0.5, 0.6) is 0 Å². The van der Waals surface area contributed by atoms with Crippen molar-refractivity contribution < 1.29 is 9.53 Å². The molecule has 3 unspecified atom stereocenters. The van der Waals surface area contributed by atoms with Gasteiger partial charge in [0.25, 0.3) is 0 Å². The highest BCUT2D eigenvalue weighted by molar-refractivity contribution is 14.0. The Balaban J connectivity index is 0.00000338. The first-order valence-electron chi connectivity index (χ1n) is 9.47. The Kier molecular flexibility index (Phi) is 10.2. The van der Waals surface area contributed by atoms with Crippen molar-refractivity contribution in [3.8, 4) is 0 Å². The summed E-state index contributed by atoms with van der Waals surface area (Å²) >= 11 is 0. The summed E-state index contributed by atoms with van der Waals surface area (Å²) in [5.74, 6) is 1.26. The minimum Gasteiger partial charge on any atom is -0.376 e. The fourth-order valence-electron chi connectivity index (χ4n) is 3.25. The molecule has 7 nitrogen and oxygen atoms in total. The van der Waals surface area contributed by atoms with Gasteiger partial charge in [-0.1, -0.05) is 6.92 Å². The van der Waals surface area contributed by atoms with E-state index in [1.54, 1.807) is 19.0 Å². The number of aliphatic imine (C=N–C) groups is 1. The van der Waals surface area contributed by atoms with Gasteiger partial charge in [0.1, 0.15) is 6.54 Å². The normalized spacial score (nSPS) is 26.7. The van der Waals surface area contributed by atoms with Gasteiger partial charge in [-0.3, -0.25) is 9.69 Å². The number of likely N-dealkylation sites (tertiary alicyclic amines) is 1. The van der Waals surface area contributed by atoms with Crippen LogP contribution < -0.4 is 10.6 Å². The van der Waals surface area contributed by atoms with Gasteiger partial charge in [0.05, 0.1) is 6.10 Å². The Morgan fingerprint density at radius 1 is 1.35 bits per heavy atom. The van der Waals surface area contributed by atoms with E-state index < -0.39 is 0 Å². The summed E-state index contributed by atoms with van der Waals surface area (Å²) in [7, 11) is 3.51. The van der Waals surface area contributed by atoms with Crippen LogP contribution in [0.2, 0.25) is 0 Å². The summed E-state index contributed by atoms with van der Waals surface area (Å²) in [5, 5.41) is 6.91. The highest BCUT2D eigenvalue weighted by Gasteiger charge is 2.31. The van der Waals surface area contributed by atoms with Gasteiger partial charge in [0, 0.05) is 52.4 Å². The molecule has 0 aliphatic carbocycles. The van der Waals surface area contributed by atoms with Gasteiger partial charge in [-0.2, -0.15) is 0 Å². The van der Waals surface area contributed by atoms with Crippen molar-refractivity contribution in [1.29, 1.82) is 0 Å². The molecule has 26 heavy (non-hydrogen) atoms. The molecule has 0 saturated carbocycles. The Morgan fingerprint density at radius 2 is 2.08 bits per heavy atom. The predicted octanol–water partition coefficient (Wildman–Crippen LogP) is 1.14. The summed E-state index contributed by atoms with van der Waals surface area (Å²) in [6.45, 7) is 10.5. The molecule has 2 saturated heterocycles. The van der Waals surface area contributed by atoms with E-state index in [0.717, 1.165) is 39.1 Å². The molecule has 3 atom stereocenters. The Morgan fingerprint density at radius 3 is 2.62 bits per heavy atom. The van der Waals surface area contributed by atoms with Crippen molar-refractivity contribution >= 4 is 35.8 Å². The van der Waals surface area contributed by atoms with Crippen LogP contribution in [0.15, 0.2) is 4.99 Å². The van der Waals surface area contributed by atoms with Crippen LogP contribution in [0.1, 0.15) is 33.6 Å². The zero-order chi connectivity index (χ0) is 18.4. The Bertz CT molecular complexity index is 466. The fraction of sp³-hybridized carbons (Fsp3) is 0.889. The number of carbonyl (C=O) groups is 1. The van der Waals surface area contributed by atoms with Gasteiger partial charge < -0.3 is 20.3 Å². The van der Waals surface area contributed by atoms with Crippen LogP contribution in [0, 0.1) is 5.92 Å². The first-order chi connectivity index (χ1) is 11.9. The number of guanidine groups is 1. The average molecular weight is 481 g/mol. The van der Waals surface area contributed by atoms with Gasteiger partial charge in [-0.25, -0.2) is 4.99 Å². The van der Waals surface area contributed by atoms with E-state index in [2.05, 4.69) is 41.3 Å². The number of nitrogens with one attached hydrogen (secondary N) is 2. The number of carbonyl (C=O) groups excluding carboxylic acids is 1. The minimum atomic E-state index is 0. The van der Waals surface area contributed by atoms with Gasteiger partial charge in [-0.15, -0.1) is 24.0 Å². The van der Waals surface area contributed by atoms with Gasteiger partial charge >= 0.3 is 0 Å². The van der Waals surface area contributed by atoms with Crippen LogP contribution in [-0.2, 0) is 9.53 Å². The number of likely N-dealkylation sites (N-methyl/N-ethyl adjacent to an activating group) is 1. The molecule has 0 aromatic rings. The van der Waals surface area contributed by atoms with Crippen molar-refractivity contribution in [2.24, 2.45) is 10.9 Å². The molecule has 0 bridgehead atoms. The topological polar surface area (TPSA) is 69.2 Å². The average Bonchev–Trinajstić information content (AvgIpc) is 3.19. The summed E-state index contributed by atoms with van der Waals surface area (Å²) in [5.41, 5.74) is 0. The van der Waals surface area contributed by atoms with E-state index in [1.807, 2.05) is 0 Å². The Hall–Kier alpha value is -0.610. The second-order valence-corrected chi connectivity index (χ2v) is 7.74. The number of halogens is 1. The smallest absolute Gasteiger partial charge is 0.243 e. The lowest BCUT2D eigenvalue weighted by molar-refractivity contribution is -0.127. The van der Waals surface area contributed by atoms with Crippen molar-refractivity contribution in [1.82, 2.24) is 20.4 Å². The monoisotopic (exact) mass is 481 g/mol. The number of hydrogen-bond acceptors (Lipinski definition) is 4. The standard InChI is InChI=1S/C18H35N5O2.HI/c1-13(2)23-11-14(3)16(12-23)21-18(20-10-17(24)22(4)5)19-9-15-7-6-8-25-15;/h13-16H,6-12H2,1-5H3,(H2,19,20,21);1H. The van der Waals surface area contributed by atoms with E-state index in [-0.39, 0.29) is 42.5 Å². The van der Waals surface area contributed by atoms with E-state index in [0.29, 0.717) is 24.0 Å². The largest absolute Gasteiger partial charge is 0.376 e. The maximum absolute atomic E-state index is 11.9. The summed E-state index contributed by atoms with van der Waals surface area (Å²) in [6.07, 6.45) is 2.44. The molecular weight excluding hydrogens is 445 g/mol. The van der Waals surface area contributed by atoms with Crippen LogP contribution in [0.25, 0.3) is 0 Å². The molecule has 0 aromatic carbocycles. The maximum atomic E-state index is 11.9. The van der Waals surface area contributed by atoms with Crippen molar-refractivity contribution in [3.05, 3.63) is 0 Å². The zero-order valence-corrected chi connectivity index (χ0v) is 19.2. The fourth-order valence-corrected chi connectivity index (χ4v) is 3.25. The predicted molar refractivity (Wildman–Crippen MR) is 116 cm³/mol.